The smallest absolute Gasteiger partial charge is 0.373 e. The molecule has 0 spiro atoms. The molecule has 0 rings (SSSR count). The number of ether oxygens (including phenoxy) is 5. The summed E-state index contributed by atoms with van der Waals surface area (Å²) in [5.41, 5.74) is 0. The molecule has 0 bridgehead atoms. The van der Waals surface area contributed by atoms with Crippen molar-refractivity contribution < 1.29 is 42.6 Å². The average molecular weight is 487 g/mol. The van der Waals surface area contributed by atoms with Crippen molar-refractivity contribution >= 4 is 7.82 Å². The van der Waals surface area contributed by atoms with Crippen molar-refractivity contribution in [2.75, 3.05) is 33.0 Å². The van der Waals surface area contributed by atoms with Crippen LogP contribution in [-0.4, -0.2) is 60.7 Å². The lowest BCUT2D eigenvalue weighted by atomic mass is 9.98. The minimum atomic E-state index is -5.06. The second-order valence-electron chi connectivity index (χ2n) is 7.39. The zero-order valence-electron chi connectivity index (χ0n) is 21.0. The van der Waals surface area contributed by atoms with Gasteiger partial charge in [-0.25, -0.2) is 9.09 Å². The van der Waals surface area contributed by atoms with Gasteiger partial charge in [-0.2, -0.15) is 0 Å². The van der Waals surface area contributed by atoms with Crippen LogP contribution in [-0.2, 0) is 32.8 Å². The molecular formula is C22H47O9P. The van der Waals surface area contributed by atoms with Crippen LogP contribution >= 0.6 is 7.82 Å². The zero-order chi connectivity index (χ0) is 24.5. The molecule has 0 heterocycles. The third kappa shape index (κ3) is 10.5. The highest BCUT2D eigenvalue weighted by molar-refractivity contribution is 7.46. The topological polar surface area (TPSA) is 113 Å². The maximum Gasteiger partial charge on any atom is 0.474 e. The summed E-state index contributed by atoms with van der Waals surface area (Å²) < 4.78 is 46.8. The maximum absolute atomic E-state index is 12.0. The molecule has 0 aliphatic rings. The van der Waals surface area contributed by atoms with Crippen LogP contribution in [0.4, 0.5) is 0 Å². The summed E-state index contributed by atoms with van der Waals surface area (Å²) in [7, 11) is -5.06. The molecule has 9 nitrogen and oxygen atoms in total. The van der Waals surface area contributed by atoms with Gasteiger partial charge in [0, 0.05) is 33.0 Å². The molecule has 0 amide bonds. The average Bonchev–Trinajstić information content (AvgIpc) is 2.71. The zero-order valence-corrected chi connectivity index (χ0v) is 21.9. The molecule has 0 aliphatic heterocycles. The van der Waals surface area contributed by atoms with Gasteiger partial charge in [0.1, 0.15) is 6.10 Å². The second-order valence-corrected chi connectivity index (χ2v) is 8.56. The molecule has 0 aromatic rings. The van der Waals surface area contributed by atoms with Gasteiger partial charge in [-0.15, -0.1) is 0 Å². The molecule has 0 saturated carbocycles. The molecule has 0 saturated heterocycles. The van der Waals surface area contributed by atoms with Crippen molar-refractivity contribution in [1.29, 1.82) is 0 Å². The van der Waals surface area contributed by atoms with Gasteiger partial charge >= 0.3 is 13.8 Å². The highest BCUT2D eigenvalue weighted by atomic mass is 31.2. The number of phosphoric ester groups is 1. The van der Waals surface area contributed by atoms with Gasteiger partial charge in [0.05, 0.1) is 0 Å². The molecule has 0 radical (unpaired) electrons. The summed E-state index contributed by atoms with van der Waals surface area (Å²) in [6.07, 6.45) is 7.55. The van der Waals surface area contributed by atoms with E-state index in [1.54, 1.807) is 27.7 Å². The Labute approximate surface area is 194 Å². The third-order valence-corrected chi connectivity index (χ3v) is 5.39. The van der Waals surface area contributed by atoms with Crippen LogP contribution in [0.5, 0.6) is 0 Å². The van der Waals surface area contributed by atoms with Gasteiger partial charge in [-0.1, -0.05) is 51.9 Å². The van der Waals surface area contributed by atoms with E-state index in [9.17, 15) is 14.4 Å². The molecule has 0 aromatic carbocycles. The normalized spacial score (nSPS) is 14.1. The molecule has 2 N–H and O–H groups in total. The first-order valence-electron chi connectivity index (χ1n) is 12.2. The number of phosphoric acid groups is 1. The van der Waals surface area contributed by atoms with Gasteiger partial charge in [-0.05, 0) is 41.0 Å². The molecule has 10 heteroatoms. The van der Waals surface area contributed by atoms with E-state index < -0.39 is 25.7 Å². The quantitative estimate of drug-likeness (QED) is 0.122. The van der Waals surface area contributed by atoms with E-state index in [2.05, 4.69) is 6.92 Å². The molecule has 0 aromatic heterocycles. The van der Waals surface area contributed by atoms with Gasteiger partial charge in [-0.3, -0.25) is 0 Å². The van der Waals surface area contributed by atoms with Crippen molar-refractivity contribution in [3.05, 3.63) is 0 Å². The first kappa shape index (κ1) is 31.9. The van der Waals surface area contributed by atoms with E-state index in [1.807, 2.05) is 6.92 Å². The first-order valence-corrected chi connectivity index (χ1v) is 13.7. The molecule has 0 fully saturated rings. The van der Waals surface area contributed by atoms with Crippen molar-refractivity contribution in [2.45, 2.75) is 111 Å². The highest BCUT2D eigenvalue weighted by Gasteiger charge is 2.65. The minimum absolute atomic E-state index is 0.0399. The summed E-state index contributed by atoms with van der Waals surface area (Å²) in [5, 5.41) is 0. The van der Waals surface area contributed by atoms with Crippen LogP contribution in [0.25, 0.3) is 0 Å². The lowest BCUT2D eigenvalue weighted by Gasteiger charge is -2.49. The second kappa shape index (κ2) is 17.4. The first-order chi connectivity index (χ1) is 15.2. The fourth-order valence-corrected chi connectivity index (χ4v) is 4.34. The van der Waals surface area contributed by atoms with Gasteiger partial charge in [0.2, 0.25) is 0 Å². The van der Waals surface area contributed by atoms with E-state index in [-0.39, 0.29) is 26.4 Å². The summed E-state index contributed by atoms with van der Waals surface area (Å²) in [5.74, 6) is -4.16. The summed E-state index contributed by atoms with van der Waals surface area (Å²) >= 11 is 0. The van der Waals surface area contributed by atoms with Crippen LogP contribution in [0.2, 0.25) is 0 Å². The SMILES string of the molecule is CCCCCCCCCC(OCC)C(OCC)(OCC)C(OCC)(OCC)OP(=O)(O)O. The lowest BCUT2D eigenvalue weighted by molar-refractivity contribution is -0.494. The predicted octanol–water partition coefficient (Wildman–Crippen LogP) is 5.14. The van der Waals surface area contributed by atoms with E-state index in [1.165, 1.54) is 25.7 Å². The van der Waals surface area contributed by atoms with E-state index in [0.29, 0.717) is 13.0 Å². The molecule has 32 heavy (non-hydrogen) atoms. The fourth-order valence-electron chi connectivity index (χ4n) is 3.80. The number of unbranched alkanes of at least 4 members (excludes halogenated alkanes) is 6. The summed E-state index contributed by atoms with van der Waals surface area (Å²) in [6.45, 7) is 11.6. The van der Waals surface area contributed by atoms with Crippen LogP contribution in [0.1, 0.15) is 92.9 Å². The Kier molecular flexibility index (Phi) is 17.3. The van der Waals surface area contributed by atoms with Gasteiger partial charge in [0.15, 0.2) is 0 Å². The molecular weight excluding hydrogens is 439 g/mol. The Hall–Kier alpha value is -0.0900. The Morgan fingerprint density at radius 1 is 0.688 bits per heavy atom. The van der Waals surface area contributed by atoms with Gasteiger partial charge in [0.25, 0.3) is 5.79 Å². The highest BCUT2D eigenvalue weighted by Crippen LogP contribution is 2.50. The number of rotatable bonds is 22. The van der Waals surface area contributed by atoms with E-state index >= 15 is 0 Å². The van der Waals surface area contributed by atoms with Crippen molar-refractivity contribution in [1.82, 2.24) is 0 Å². The molecule has 0 aliphatic carbocycles. The standard InChI is InChI=1S/C22H47O9P/c1-7-13-14-15-16-17-18-19-20(26-8-2)21(27-9-3,28-10-4)22(29-11-5,30-12-6)31-32(23,24)25/h20H,7-19H2,1-6H3,(H2,23,24,25). The van der Waals surface area contributed by atoms with Crippen molar-refractivity contribution in [2.24, 2.45) is 0 Å². The Morgan fingerprint density at radius 3 is 1.56 bits per heavy atom. The van der Waals surface area contributed by atoms with Crippen molar-refractivity contribution in [3.63, 3.8) is 0 Å². The monoisotopic (exact) mass is 486 g/mol. The molecule has 1 atom stereocenters. The lowest BCUT2D eigenvalue weighted by Crippen LogP contribution is -2.68. The summed E-state index contributed by atoms with van der Waals surface area (Å²) in [6, 6.07) is 0. The largest absolute Gasteiger partial charge is 0.474 e. The van der Waals surface area contributed by atoms with E-state index in [4.69, 9.17) is 28.2 Å². The van der Waals surface area contributed by atoms with Crippen LogP contribution in [0.15, 0.2) is 0 Å². The molecule has 1 unspecified atom stereocenters. The Bertz CT molecular complexity index is 486. The summed E-state index contributed by atoms with van der Waals surface area (Å²) in [4.78, 5) is 19.4. The fraction of sp³-hybridized carbons (Fsp3) is 1.00. The number of hydrogen-bond donors (Lipinski definition) is 2. The Morgan fingerprint density at radius 2 is 1.16 bits per heavy atom. The molecule has 194 valence electrons. The van der Waals surface area contributed by atoms with Gasteiger partial charge < -0.3 is 33.5 Å². The Balaban J connectivity index is 6.05. The third-order valence-electron chi connectivity index (χ3n) is 4.91. The minimum Gasteiger partial charge on any atom is -0.373 e. The predicted molar refractivity (Wildman–Crippen MR) is 123 cm³/mol. The van der Waals surface area contributed by atoms with Crippen LogP contribution in [0.3, 0.4) is 0 Å². The van der Waals surface area contributed by atoms with E-state index in [0.717, 1.165) is 19.3 Å². The number of hydrogen-bond acceptors (Lipinski definition) is 7. The van der Waals surface area contributed by atoms with Crippen LogP contribution in [0, 0.1) is 0 Å². The maximum atomic E-state index is 12.0. The van der Waals surface area contributed by atoms with Crippen molar-refractivity contribution in [3.8, 4) is 0 Å². The van der Waals surface area contributed by atoms with Crippen LogP contribution < -0.4 is 0 Å².